The number of ether oxygens (including phenoxy) is 1. The van der Waals surface area contributed by atoms with E-state index in [0.717, 1.165) is 0 Å². The summed E-state index contributed by atoms with van der Waals surface area (Å²) in [5.74, 6) is 0.0236. The van der Waals surface area contributed by atoms with Gasteiger partial charge in [0, 0.05) is 17.8 Å². The fourth-order valence-electron chi connectivity index (χ4n) is 1.48. The zero-order valence-electron chi connectivity index (χ0n) is 10.0. The molecule has 20 heavy (non-hydrogen) atoms. The SMILES string of the molecule is N=C(N)c1ccnc(Oc2cccc([N+](=O)[O-])c2)c1Cl. The van der Waals surface area contributed by atoms with Gasteiger partial charge in [0.1, 0.15) is 16.6 Å². The van der Waals surface area contributed by atoms with Crippen LogP contribution in [0.4, 0.5) is 5.69 Å². The quantitative estimate of drug-likeness (QED) is 0.389. The van der Waals surface area contributed by atoms with Gasteiger partial charge < -0.3 is 10.5 Å². The Morgan fingerprint density at radius 3 is 2.85 bits per heavy atom. The highest BCUT2D eigenvalue weighted by Crippen LogP contribution is 2.30. The third kappa shape index (κ3) is 2.83. The molecule has 0 aliphatic heterocycles. The van der Waals surface area contributed by atoms with Crippen LogP contribution < -0.4 is 10.5 Å². The van der Waals surface area contributed by atoms with E-state index in [1.807, 2.05) is 0 Å². The first-order valence-corrected chi connectivity index (χ1v) is 5.78. The topological polar surface area (TPSA) is 115 Å². The van der Waals surface area contributed by atoms with Gasteiger partial charge in [0.15, 0.2) is 0 Å². The van der Waals surface area contributed by atoms with Crippen LogP contribution in [0.15, 0.2) is 36.5 Å². The van der Waals surface area contributed by atoms with Gasteiger partial charge in [0.25, 0.3) is 5.69 Å². The largest absolute Gasteiger partial charge is 0.437 e. The van der Waals surface area contributed by atoms with Crippen molar-refractivity contribution in [1.82, 2.24) is 4.98 Å². The third-order valence-corrected chi connectivity index (χ3v) is 2.76. The van der Waals surface area contributed by atoms with Crippen LogP contribution in [0.5, 0.6) is 11.6 Å². The monoisotopic (exact) mass is 292 g/mol. The number of nitrogens with zero attached hydrogens (tertiary/aromatic N) is 2. The Labute approximate surface area is 118 Å². The van der Waals surface area contributed by atoms with Crippen molar-refractivity contribution in [3.05, 3.63) is 57.2 Å². The van der Waals surface area contributed by atoms with Crippen molar-refractivity contribution in [2.75, 3.05) is 0 Å². The Kier molecular flexibility index (Phi) is 3.81. The smallest absolute Gasteiger partial charge is 0.273 e. The molecule has 0 radical (unpaired) electrons. The van der Waals surface area contributed by atoms with Crippen LogP contribution >= 0.6 is 11.6 Å². The van der Waals surface area contributed by atoms with Crippen LogP contribution in [0, 0.1) is 15.5 Å². The Hall–Kier alpha value is -2.67. The summed E-state index contributed by atoms with van der Waals surface area (Å²) in [4.78, 5) is 14.1. The Balaban J connectivity index is 2.35. The predicted octanol–water partition coefficient (Wildman–Crippen LogP) is 2.72. The molecule has 3 N–H and O–H groups in total. The van der Waals surface area contributed by atoms with E-state index in [1.54, 1.807) is 0 Å². The summed E-state index contributed by atoms with van der Waals surface area (Å²) >= 11 is 6.01. The second-order valence-corrected chi connectivity index (χ2v) is 4.13. The average molecular weight is 293 g/mol. The molecule has 1 heterocycles. The molecule has 0 spiro atoms. The number of nitrogens with two attached hydrogens (primary N) is 1. The average Bonchev–Trinajstić information content (AvgIpc) is 2.41. The third-order valence-electron chi connectivity index (χ3n) is 2.39. The molecule has 0 amide bonds. The van der Waals surface area contributed by atoms with Crippen molar-refractivity contribution in [2.45, 2.75) is 0 Å². The minimum absolute atomic E-state index is 0.0277. The maximum Gasteiger partial charge on any atom is 0.273 e. The van der Waals surface area contributed by atoms with Crippen molar-refractivity contribution in [3.63, 3.8) is 0 Å². The normalized spacial score (nSPS) is 10.1. The highest BCUT2D eigenvalue weighted by molar-refractivity contribution is 6.35. The maximum atomic E-state index is 10.7. The number of nitrogens with one attached hydrogen (secondary N) is 1. The van der Waals surface area contributed by atoms with Gasteiger partial charge >= 0.3 is 0 Å². The molecule has 0 aliphatic carbocycles. The number of amidine groups is 1. The zero-order chi connectivity index (χ0) is 14.7. The Morgan fingerprint density at radius 1 is 1.45 bits per heavy atom. The van der Waals surface area contributed by atoms with E-state index in [1.165, 1.54) is 36.5 Å². The van der Waals surface area contributed by atoms with E-state index in [9.17, 15) is 10.1 Å². The molecule has 0 unspecified atom stereocenters. The van der Waals surface area contributed by atoms with Gasteiger partial charge in [-0.3, -0.25) is 15.5 Å². The number of aromatic nitrogens is 1. The van der Waals surface area contributed by atoms with Crippen molar-refractivity contribution in [1.29, 1.82) is 5.41 Å². The van der Waals surface area contributed by atoms with Crippen LogP contribution in [0.1, 0.15) is 5.56 Å². The first-order chi connectivity index (χ1) is 9.49. The minimum atomic E-state index is -0.534. The summed E-state index contributed by atoms with van der Waals surface area (Å²) in [7, 11) is 0. The second kappa shape index (κ2) is 5.54. The number of hydrogen-bond acceptors (Lipinski definition) is 5. The highest BCUT2D eigenvalue weighted by Gasteiger charge is 2.13. The Bertz CT molecular complexity index is 690. The number of benzene rings is 1. The van der Waals surface area contributed by atoms with E-state index in [-0.39, 0.29) is 33.7 Å². The van der Waals surface area contributed by atoms with E-state index >= 15 is 0 Å². The number of nitro groups is 1. The number of nitro benzene ring substituents is 1. The molecule has 0 atom stereocenters. The summed E-state index contributed by atoms with van der Waals surface area (Å²) in [6.45, 7) is 0. The molecule has 102 valence electrons. The van der Waals surface area contributed by atoms with Crippen molar-refractivity contribution < 1.29 is 9.66 Å². The summed E-state index contributed by atoms with van der Waals surface area (Å²) in [6.07, 6.45) is 1.38. The molecule has 2 aromatic rings. The van der Waals surface area contributed by atoms with Gasteiger partial charge in [-0.2, -0.15) is 0 Å². The van der Waals surface area contributed by atoms with Crippen molar-refractivity contribution >= 4 is 23.1 Å². The molecule has 7 nitrogen and oxygen atoms in total. The number of non-ortho nitro benzene ring substituents is 1. The zero-order valence-corrected chi connectivity index (χ0v) is 10.8. The van der Waals surface area contributed by atoms with Crippen molar-refractivity contribution in [2.24, 2.45) is 5.73 Å². The number of nitrogen functional groups attached to an aromatic ring is 1. The van der Waals surface area contributed by atoms with Crippen LogP contribution in [0.25, 0.3) is 0 Å². The van der Waals surface area contributed by atoms with Gasteiger partial charge in [0.05, 0.1) is 11.0 Å². The van der Waals surface area contributed by atoms with Gasteiger partial charge in [0.2, 0.25) is 5.88 Å². The van der Waals surface area contributed by atoms with Crippen LogP contribution in [0.3, 0.4) is 0 Å². The standard InChI is InChI=1S/C12H9ClN4O3/c13-10-9(11(14)15)4-5-16-12(10)20-8-3-1-2-7(6-8)17(18)19/h1-6H,(H3,14,15). The van der Waals surface area contributed by atoms with Gasteiger partial charge in [-0.25, -0.2) is 4.98 Å². The first kappa shape index (κ1) is 13.8. The minimum Gasteiger partial charge on any atom is -0.437 e. The van der Waals surface area contributed by atoms with Crippen LogP contribution in [-0.4, -0.2) is 15.7 Å². The second-order valence-electron chi connectivity index (χ2n) is 3.75. The fourth-order valence-corrected chi connectivity index (χ4v) is 1.73. The molecule has 1 aromatic heterocycles. The predicted molar refractivity (Wildman–Crippen MR) is 73.4 cm³/mol. The first-order valence-electron chi connectivity index (χ1n) is 5.40. The number of halogens is 1. The lowest BCUT2D eigenvalue weighted by molar-refractivity contribution is -0.384. The van der Waals surface area contributed by atoms with E-state index < -0.39 is 4.92 Å². The van der Waals surface area contributed by atoms with E-state index in [0.29, 0.717) is 0 Å². The summed E-state index contributed by atoms with van der Waals surface area (Å²) in [5, 5.41) is 18.1. The maximum absolute atomic E-state index is 10.7. The molecule has 0 saturated heterocycles. The van der Waals surface area contributed by atoms with Crippen molar-refractivity contribution in [3.8, 4) is 11.6 Å². The van der Waals surface area contributed by atoms with Crippen LogP contribution in [0.2, 0.25) is 5.02 Å². The molecular weight excluding hydrogens is 284 g/mol. The summed E-state index contributed by atoms with van der Waals surface area (Å²) in [5.41, 5.74) is 5.54. The lowest BCUT2D eigenvalue weighted by Crippen LogP contribution is -2.12. The molecule has 1 aromatic carbocycles. The summed E-state index contributed by atoms with van der Waals surface area (Å²) in [6, 6.07) is 7.08. The molecule has 0 aliphatic rings. The van der Waals surface area contributed by atoms with Gasteiger partial charge in [-0.15, -0.1) is 0 Å². The van der Waals surface area contributed by atoms with Crippen LogP contribution in [-0.2, 0) is 0 Å². The number of rotatable bonds is 4. The molecular formula is C12H9ClN4O3. The van der Waals surface area contributed by atoms with E-state index in [4.69, 9.17) is 27.5 Å². The molecule has 8 heteroatoms. The lowest BCUT2D eigenvalue weighted by Gasteiger charge is -2.08. The Morgan fingerprint density at radius 2 is 2.20 bits per heavy atom. The molecule has 0 fully saturated rings. The summed E-state index contributed by atoms with van der Waals surface area (Å²) < 4.78 is 5.39. The van der Waals surface area contributed by atoms with E-state index in [2.05, 4.69) is 4.98 Å². The number of pyridine rings is 1. The fraction of sp³-hybridized carbons (Fsp3) is 0. The molecule has 0 bridgehead atoms. The number of hydrogen-bond donors (Lipinski definition) is 2. The highest BCUT2D eigenvalue weighted by atomic mass is 35.5. The lowest BCUT2D eigenvalue weighted by atomic mass is 10.2. The van der Waals surface area contributed by atoms with Gasteiger partial charge in [-0.05, 0) is 12.1 Å². The molecule has 0 saturated carbocycles. The van der Waals surface area contributed by atoms with Gasteiger partial charge in [-0.1, -0.05) is 17.7 Å². The molecule has 2 rings (SSSR count).